The molecule has 0 aromatic carbocycles. The van der Waals surface area contributed by atoms with Gasteiger partial charge in [-0.15, -0.1) is 0 Å². The molecular weight excluding hydrogens is 322 g/mol. The first kappa shape index (κ1) is 24.8. The van der Waals surface area contributed by atoms with Gasteiger partial charge in [0.25, 0.3) is 0 Å². The largest absolute Gasteiger partial charge is 0.389 e. The zero-order valence-electron chi connectivity index (χ0n) is 16.9. The molecule has 0 aliphatic carbocycles. The molecule has 0 bridgehead atoms. The van der Waals surface area contributed by atoms with E-state index in [9.17, 15) is 10.2 Å². The van der Waals surface area contributed by atoms with E-state index in [2.05, 4.69) is 27.7 Å². The summed E-state index contributed by atoms with van der Waals surface area (Å²) in [5, 5.41) is 20.4. The molecule has 4 atom stereocenters. The van der Waals surface area contributed by atoms with Crippen molar-refractivity contribution in [2.24, 2.45) is 11.8 Å². The van der Waals surface area contributed by atoms with Crippen molar-refractivity contribution in [2.45, 2.75) is 52.7 Å². The van der Waals surface area contributed by atoms with Crippen molar-refractivity contribution in [2.75, 3.05) is 59.8 Å². The fourth-order valence-corrected chi connectivity index (χ4v) is 2.23. The minimum Gasteiger partial charge on any atom is -0.389 e. The lowest BCUT2D eigenvalue weighted by molar-refractivity contribution is -0.0220. The van der Waals surface area contributed by atoms with E-state index >= 15 is 0 Å². The third-order valence-electron chi connectivity index (χ3n) is 4.37. The molecule has 0 saturated heterocycles. The molecule has 0 rings (SSSR count). The van der Waals surface area contributed by atoms with E-state index in [4.69, 9.17) is 14.2 Å². The van der Waals surface area contributed by atoms with Crippen LogP contribution < -0.4 is 0 Å². The van der Waals surface area contributed by atoms with E-state index in [0.717, 1.165) is 12.8 Å². The zero-order valence-corrected chi connectivity index (χ0v) is 16.9. The molecule has 0 aromatic rings. The smallest absolute Gasteiger partial charge is 0.0900 e. The molecule has 4 unspecified atom stereocenters. The molecule has 25 heavy (non-hydrogen) atoms. The number of ether oxygens (including phenoxy) is 3. The SMILES string of the molecule is CCC(C)COCC(O)CN(CCOC)CC(O)COCC(C)CC. The Labute approximate surface area is 154 Å². The van der Waals surface area contributed by atoms with Gasteiger partial charge in [0, 0.05) is 40.0 Å². The molecule has 0 saturated carbocycles. The van der Waals surface area contributed by atoms with Crippen LogP contribution in [0.5, 0.6) is 0 Å². The van der Waals surface area contributed by atoms with Crippen molar-refractivity contribution >= 4 is 0 Å². The molecule has 6 nitrogen and oxygen atoms in total. The van der Waals surface area contributed by atoms with Gasteiger partial charge in [-0.1, -0.05) is 40.5 Å². The molecular formula is C19H41NO5. The normalized spacial score (nSPS) is 16.8. The molecule has 152 valence electrons. The van der Waals surface area contributed by atoms with Gasteiger partial charge < -0.3 is 24.4 Å². The van der Waals surface area contributed by atoms with E-state index in [1.165, 1.54) is 0 Å². The predicted molar refractivity (Wildman–Crippen MR) is 101 cm³/mol. The lowest BCUT2D eigenvalue weighted by atomic mass is 10.1. The minimum absolute atomic E-state index is 0.314. The highest BCUT2D eigenvalue weighted by molar-refractivity contribution is 4.69. The van der Waals surface area contributed by atoms with Crippen LogP contribution in [0.1, 0.15) is 40.5 Å². The van der Waals surface area contributed by atoms with Crippen LogP contribution in [0.4, 0.5) is 0 Å². The van der Waals surface area contributed by atoms with Gasteiger partial charge in [0.2, 0.25) is 0 Å². The Balaban J connectivity index is 4.15. The van der Waals surface area contributed by atoms with Gasteiger partial charge in [-0.3, -0.25) is 4.90 Å². The maximum atomic E-state index is 10.2. The van der Waals surface area contributed by atoms with Crippen LogP contribution in [0.15, 0.2) is 0 Å². The number of aliphatic hydroxyl groups is 2. The maximum Gasteiger partial charge on any atom is 0.0900 e. The first-order chi connectivity index (χ1) is 11.9. The monoisotopic (exact) mass is 363 g/mol. The standard InChI is InChI=1S/C19H41NO5/c1-6-16(3)12-24-14-18(21)10-20(8-9-23-5)11-19(22)15-25-13-17(4)7-2/h16-19,21-22H,6-15H2,1-5H3. The second-order valence-corrected chi connectivity index (χ2v) is 7.16. The van der Waals surface area contributed by atoms with Crippen molar-refractivity contribution in [3.8, 4) is 0 Å². The van der Waals surface area contributed by atoms with Crippen molar-refractivity contribution in [1.29, 1.82) is 0 Å². The summed E-state index contributed by atoms with van der Waals surface area (Å²) in [6, 6.07) is 0. The molecule has 0 radical (unpaired) electrons. The van der Waals surface area contributed by atoms with Gasteiger partial charge in [-0.05, 0) is 11.8 Å². The molecule has 2 N–H and O–H groups in total. The van der Waals surface area contributed by atoms with E-state index in [1.807, 2.05) is 4.90 Å². The van der Waals surface area contributed by atoms with Crippen LogP contribution in [0, 0.1) is 11.8 Å². The van der Waals surface area contributed by atoms with Crippen LogP contribution in [0.3, 0.4) is 0 Å². The molecule has 0 spiro atoms. The first-order valence-corrected chi connectivity index (χ1v) is 9.65. The summed E-state index contributed by atoms with van der Waals surface area (Å²) in [6.45, 7) is 12.6. The fraction of sp³-hybridized carbons (Fsp3) is 1.00. The third kappa shape index (κ3) is 14.6. The first-order valence-electron chi connectivity index (χ1n) is 9.65. The van der Waals surface area contributed by atoms with Crippen molar-refractivity contribution in [1.82, 2.24) is 4.90 Å². The molecule has 0 aliphatic heterocycles. The molecule has 0 heterocycles. The Morgan fingerprint density at radius 1 is 0.800 bits per heavy atom. The summed E-state index contributed by atoms with van der Waals surface area (Å²) in [5.74, 6) is 1.00. The van der Waals surface area contributed by atoms with Crippen molar-refractivity contribution in [3.63, 3.8) is 0 Å². The van der Waals surface area contributed by atoms with E-state index in [0.29, 0.717) is 64.5 Å². The van der Waals surface area contributed by atoms with Gasteiger partial charge in [-0.2, -0.15) is 0 Å². The summed E-state index contributed by atoms with van der Waals surface area (Å²) in [6.07, 6.45) is 0.987. The van der Waals surface area contributed by atoms with Gasteiger partial charge in [0.15, 0.2) is 0 Å². The van der Waals surface area contributed by atoms with Crippen LogP contribution in [-0.4, -0.2) is 87.1 Å². The van der Waals surface area contributed by atoms with E-state index in [1.54, 1.807) is 7.11 Å². The number of methoxy groups -OCH3 is 1. The average molecular weight is 364 g/mol. The number of hydrogen-bond donors (Lipinski definition) is 2. The number of rotatable bonds is 17. The summed E-state index contributed by atoms with van der Waals surface area (Å²) in [5.41, 5.74) is 0. The molecule has 0 aromatic heterocycles. The average Bonchev–Trinajstić information content (AvgIpc) is 2.59. The van der Waals surface area contributed by atoms with E-state index < -0.39 is 12.2 Å². The number of nitrogens with zero attached hydrogens (tertiary/aromatic N) is 1. The molecule has 0 aliphatic rings. The number of hydrogen-bond acceptors (Lipinski definition) is 6. The van der Waals surface area contributed by atoms with Gasteiger partial charge >= 0.3 is 0 Å². The van der Waals surface area contributed by atoms with Crippen LogP contribution in [-0.2, 0) is 14.2 Å². The second kappa shape index (κ2) is 16.0. The van der Waals surface area contributed by atoms with Crippen LogP contribution in [0.25, 0.3) is 0 Å². The molecule has 6 heteroatoms. The van der Waals surface area contributed by atoms with Crippen LogP contribution >= 0.6 is 0 Å². The highest BCUT2D eigenvalue weighted by Gasteiger charge is 2.16. The predicted octanol–water partition coefficient (Wildman–Crippen LogP) is 1.78. The fourth-order valence-electron chi connectivity index (χ4n) is 2.23. The second-order valence-electron chi connectivity index (χ2n) is 7.16. The summed E-state index contributed by atoms with van der Waals surface area (Å²) >= 11 is 0. The zero-order chi connectivity index (χ0) is 19.1. The van der Waals surface area contributed by atoms with Gasteiger partial charge in [0.05, 0.1) is 32.0 Å². The lowest BCUT2D eigenvalue weighted by Crippen LogP contribution is -2.42. The van der Waals surface area contributed by atoms with Crippen LogP contribution in [0.2, 0.25) is 0 Å². The Morgan fingerprint density at radius 3 is 1.60 bits per heavy atom. The maximum absolute atomic E-state index is 10.2. The molecule has 0 fully saturated rings. The quantitative estimate of drug-likeness (QED) is 0.410. The summed E-state index contributed by atoms with van der Waals surface area (Å²) in [7, 11) is 1.65. The highest BCUT2D eigenvalue weighted by atomic mass is 16.5. The number of aliphatic hydroxyl groups excluding tert-OH is 2. The third-order valence-corrected chi connectivity index (χ3v) is 4.37. The van der Waals surface area contributed by atoms with E-state index in [-0.39, 0.29) is 0 Å². The van der Waals surface area contributed by atoms with Gasteiger partial charge in [0.1, 0.15) is 0 Å². The molecule has 0 amide bonds. The van der Waals surface area contributed by atoms with Crippen molar-refractivity contribution < 1.29 is 24.4 Å². The Morgan fingerprint density at radius 2 is 1.24 bits per heavy atom. The Bertz CT molecular complexity index is 269. The lowest BCUT2D eigenvalue weighted by Gasteiger charge is -2.27. The summed E-state index contributed by atoms with van der Waals surface area (Å²) < 4.78 is 16.3. The van der Waals surface area contributed by atoms with Crippen molar-refractivity contribution in [3.05, 3.63) is 0 Å². The van der Waals surface area contributed by atoms with Gasteiger partial charge in [-0.25, -0.2) is 0 Å². The Hall–Kier alpha value is -0.240. The topological polar surface area (TPSA) is 71.4 Å². The minimum atomic E-state index is -0.575. The summed E-state index contributed by atoms with van der Waals surface area (Å²) in [4.78, 5) is 2.00. The Kier molecular flexibility index (Phi) is 15.8. The highest BCUT2D eigenvalue weighted by Crippen LogP contribution is 2.04.